The maximum atomic E-state index is 3.82. The number of hydrogen-bond acceptors (Lipinski definition) is 2. The predicted molar refractivity (Wildman–Crippen MR) is 92.8 cm³/mol. The van der Waals surface area contributed by atoms with Crippen LogP contribution < -0.4 is 5.32 Å². The summed E-state index contributed by atoms with van der Waals surface area (Å²) in [6, 6.07) is 7.79. The average Bonchev–Trinajstić information content (AvgIpc) is 2.49. The molecule has 2 heterocycles. The lowest BCUT2D eigenvalue weighted by atomic mass is 9.91. The van der Waals surface area contributed by atoms with Crippen molar-refractivity contribution in [2.75, 3.05) is 18.1 Å². The lowest BCUT2D eigenvalue weighted by Gasteiger charge is -2.25. The minimum atomic E-state index is 0.688. The van der Waals surface area contributed by atoms with Crippen molar-refractivity contribution in [1.29, 1.82) is 0 Å². The molecule has 2 saturated heterocycles. The van der Waals surface area contributed by atoms with Crippen LogP contribution >= 0.6 is 27.7 Å². The van der Waals surface area contributed by atoms with Gasteiger partial charge in [0, 0.05) is 10.5 Å². The van der Waals surface area contributed by atoms with Gasteiger partial charge in [-0.15, -0.1) is 0 Å². The molecule has 1 atom stereocenters. The molecule has 0 aromatic heterocycles. The van der Waals surface area contributed by atoms with Crippen LogP contribution in [0.1, 0.15) is 49.1 Å². The van der Waals surface area contributed by atoms with Crippen molar-refractivity contribution in [2.45, 2.75) is 50.5 Å². The molecule has 0 saturated carbocycles. The van der Waals surface area contributed by atoms with Crippen LogP contribution in [0.3, 0.4) is 0 Å². The minimum Gasteiger partial charge on any atom is -0.314 e. The Morgan fingerprint density at radius 3 is 2.70 bits per heavy atom. The third-order valence-electron chi connectivity index (χ3n) is 4.62. The standard InChI is InChI=1S/C17H24BrNS/c18-17-12-13(11-15-3-1-2-8-19-15)4-5-16(17)14-6-9-20-10-7-14/h4-5,12,14-15,19H,1-3,6-11H2. The van der Waals surface area contributed by atoms with E-state index in [0.29, 0.717) is 6.04 Å². The molecule has 3 rings (SSSR count). The highest BCUT2D eigenvalue weighted by Gasteiger charge is 2.19. The summed E-state index contributed by atoms with van der Waals surface area (Å²) >= 11 is 5.92. The predicted octanol–water partition coefficient (Wildman–Crippen LogP) is 4.74. The van der Waals surface area contributed by atoms with E-state index in [1.54, 1.807) is 0 Å². The maximum Gasteiger partial charge on any atom is 0.0212 e. The van der Waals surface area contributed by atoms with Gasteiger partial charge in [0.05, 0.1) is 0 Å². The zero-order valence-electron chi connectivity index (χ0n) is 12.0. The summed E-state index contributed by atoms with van der Waals surface area (Å²) in [6.07, 6.45) is 7.92. The molecule has 1 nitrogen and oxygen atoms in total. The zero-order valence-corrected chi connectivity index (χ0v) is 14.4. The van der Waals surface area contributed by atoms with E-state index in [1.165, 1.54) is 72.2 Å². The van der Waals surface area contributed by atoms with Crippen LogP contribution in [0.25, 0.3) is 0 Å². The van der Waals surface area contributed by atoms with Gasteiger partial charge in [-0.1, -0.05) is 34.5 Å². The second kappa shape index (κ2) is 7.33. The van der Waals surface area contributed by atoms with Gasteiger partial charge in [-0.3, -0.25) is 0 Å². The van der Waals surface area contributed by atoms with Crippen molar-refractivity contribution in [3.05, 3.63) is 33.8 Å². The summed E-state index contributed by atoms with van der Waals surface area (Å²) in [5.41, 5.74) is 3.01. The Kier molecular flexibility index (Phi) is 5.47. The molecular formula is C17H24BrNS. The quantitative estimate of drug-likeness (QED) is 0.841. The van der Waals surface area contributed by atoms with Gasteiger partial charge in [0.2, 0.25) is 0 Å². The van der Waals surface area contributed by atoms with Gasteiger partial charge in [0.1, 0.15) is 0 Å². The van der Waals surface area contributed by atoms with Gasteiger partial charge in [-0.05, 0) is 73.3 Å². The summed E-state index contributed by atoms with van der Waals surface area (Å²) in [7, 11) is 0. The number of nitrogens with one attached hydrogen (secondary N) is 1. The fourth-order valence-corrected chi connectivity index (χ4v) is 5.28. The Morgan fingerprint density at radius 2 is 2.00 bits per heavy atom. The van der Waals surface area contributed by atoms with Gasteiger partial charge < -0.3 is 5.32 Å². The first-order chi connectivity index (χ1) is 9.83. The molecular weight excluding hydrogens is 330 g/mol. The SMILES string of the molecule is Brc1cc(CC2CCCCN2)ccc1C1CCSCC1. The maximum absolute atomic E-state index is 3.82. The number of benzene rings is 1. The fraction of sp³-hybridized carbons (Fsp3) is 0.647. The number of hydrogen-bond donors (Lipinski definition) is 1. The first kappa shape index (κ1) is 14.9. The molecule has 0 amide bonds. The Bertz CT molecular complexity index is 437. The van der Waals surface area contributed by atoms with Crippen LogP contribution in [0.4, 0.5) is 0 Å². The normalized spacial score (nSPS) is 24.8. The summed E-state index contributed by atoms with van der Waals surface area (Å²) < 4.78 is 1.34. The number of rotatable bonds is 3. The molecule has 1 N–H and O–H groups in total. The van der Waals surface area contributed by atoms with Crippen molar-refractivity contribution in [3.8, 4) is 0 Å². The highest BCUT2D eigenvalue weighted by molar-refractivity contribution is 9.10. The van der Waals surface area contributed by atoms with Crippen molar-refractivity contribution >= 4 is 27.7 Å². The Morgan fingerprint density at radius 1 is 1.15 bits per heavy atom. The zero-order chi connectivity index (χ0) is 13.8. The van der Waals surface area contributed by atoms with E-state index >= 15 is 0 Å². The molecule has 1 aromatic rings. The van der Waals surface area contributed by atoms with Gasteiger partial charge >= 0.3 is 0 Å². The van der Waals surface area contributed by atoms with Gasteiger partial charge in [0.25, 0.3) is 0 Å². The summed E-state index contributed by atoms with van der Waals surface area (Å²) in [4.78, 5) is 0. The topological polar surface area (TPSA) is 12.0 Å². The van der Waals surface area contributed by atoms with Gasteiger partial charge in [-0.2, -0.15) is 11.8 Å². The third-order valence-corrected chi connectivity index (χ3v) is 6.36. The second-order valence-corrected chi connectivity index (χ2v) is 8.17. The van der Waals surface area contributed by atoms with Crippen LogP contribution in [-0.2, 0) is 6.42 Å². The number of piperidine rings is 1. The highest BCUT2D eigenvalue weighted by atomic mass is 79.9. The van der Waals surface area contributed by atoms with E-state index in [-0.39, 0.29) is 0 Å². The van der Waals surface area contributed by atoms with Crippen LogP contribution in [0.2, 0.25) is 0 Å². The van der Waals surface area contributed by atoms with Gasteiger partial charge in [-0.25, -0.2) is 0 Å². The third kappa shape index (κ3) is 3.80. The molecule has 3 heteroatoms. The van der Waals surface area contributed by atoms with Crippen LogP contribution in [0.5, 0.6) is 0 Å². The molecule has 110 valence electrons. The Balaban J connectivity index is 1.66. The lowest BCUT2D eigenvalue weighted by Crippen LogP contribution is -2.35. The molecule has 0 bridgehead atoms. The molecule has 20 heavy (non-hydrogen) atoms. The fourth-order valence-electron chi connectivity index (χ4n) is 3.42. The van der Waals surface area contributed by atoms with E-state index in [9.17, 15) is 0 Å². The van der Waals surface area contributed by atoms with Crippen LogP contribution in [0.15, 0.2) is 22.7 Å². The van der Waals surface area contributed by atoms with E-state index in [0.717, 1.165) is 5.92 Å². The summed E-state index contributed by atoms with van der Waals surface area (Å²) in [6.45, 7) is 1.20. The van der Waals surface area contributed by atoms with Crippen molar-refractivity contribution in [2.24, 2.45) is 0 Å². The lowest BCUT2D eigenvalue weighted by molar-refractivity contribution is 0.399. The minimum absolute atomic E-state index is 0.688. The largest absolute Gasteiger partial charge is 0.314 e. The van der Waals surface area contributed by atoms with Crippen LogP contribution in [0, 0.1) is 0 Å². The Hall–Kier alpha value is 0.01000. The molecule has 2 fully saturated rings. The highest BCUT2D eigenvalue weighted by Crippen LogP contribution is 2.36. The summed E-state index contributed by atoms with van der Waals surface area (Å²) in [5, 5.41) is 3.65. The average molecular weight is 354 g/mol. The monoisotopic (exact) mass is 353 g/mol. The van der Waals surface area contributed by atoms with Crippen molar-refractivity contribution < 1.29 is 0 Å². The first-order valence-corrected chi connectivity index (χ1v) is 9.87. The van der Waals surface area contributed by atoms with E-state index < -0.39 is 0 Å². The van der Waals surface area contributed by atoms with Gasteiger partial charge in [0.15, 0.2) is 0 Å². The van der Waals surface area contributed by atoms with Crippen LogP contribution in [-0.4, -0.2) is 24.1 Å². The molecule has 1 unspecified atom stereocenters. The molecule has 0 radical (unpaired) electrons. The molecule has 0 spiro atoms. The van der Waals surface area contributed by atoms with E-state index in [2.05, 4.69) is 51.2 Å². The van der Waals surface area contributed by atoms with Crippen molar-refractivity contribution in [1.82, 2.24) is 5.32 Å². The number of halogens is 1. The second-order valence-electron chi connectivity index (χ2n) is 6.09. The molecule has 2 aliphatic heterocycles. The number of thioether (sulfide) groups is 1. The van der Waals surface area contributed by atoms with E-state index in [1.807, 2.05) is 0 Å². The Labute approximate surface area is 135 Å². The van der Waals surface area contributed by atoms with E-state index in [4.69, 9.17) is 0 Å². The molecule has 2 aliphatic rings. The smallest absolute Gasteiger partial charge is 0.0212 e. The first-order valence-electron chi connectivity index (χ1n) is 7.92. The molecule has 0 aliphatic carbocycles. The molecule has 1 aromatic carbocycles. The summed E-state index contributed by atoms with van der Waals surface area (Å²) in [5.74, 6) is 3.42. The van der Waals surface area contributed by atoms with Crippen molar-refractivity contribution in [3.63, 3.8) is 0 Å².